The maximum Gasteiger partial charge on any atom is 0.338 e. The highest BCUT2D eigenvalue weighted by atomic mass is 16.5. The number of carbonyl (C=O) groups excluding carboxylic acids is 2. The summed E-state index contributed by atoms with van der Waals surface area (Å²) in [5.41, 5.74) is 5.45. The van der Waals surface area contributed by atoms with E-state index < -0.39 is 5.97 Å². The highest BCUT2D eigenvalue weighted by Gasteiger charge is 2.17. The van der Waals surface area contributed by atoms with E-state index >= 15 is 0 Å². The Balaban J connectivity index is 1.41. The Hall–Kier alpha value is -5.24. The second kappa shape index (κ2) is 12.3. The fourth-order valence-corrected chi connectivity index (χ4v) is 4.35. The molecule has 0 N–H and O–H groups in total. The van der Waals surface area contributed by atoms with Gasteiger partial charge in [-0.15, -0.1) is 0 Å². The summed E-state index contributed by atoms with van der Waals surface area (Å²) in [6, 6.07) is 29.8. The zero-order chi connectivity index (χ0) is 28.8. The molecule has 8 nitrogen and oxygen atoms in total. The fourth-order valence-electron chi connectivity index (χ4n) is 4.35. The van der Waals surface area contributed by atoms with Gasteiger partial charge in [0, 0.05) is 24.7 Å². The molecule has 0 aliphatic heterocycles. The van der Waals surface area contributed by atoms with Gasteiger partial charge in [-0.25, -0.2) is 14.8 Å². The Morgan fingerprint density at radius 2 is 1.27 bits per heavy atom. The minimum atomic E-state index is -0.611. The number of carbonyl (C=O) groups is 2. The zero-order valence-electron chi connectivity index (χ0n) is 23.0. The predicted molar refractivity (Wildman–Crippen MR) is 157 cm³/mol. The lowest BCUT2D eigenvalue weighted by molar-refractivity contribution is -0.133. The SMILES string of the molecule is COc1ccc(-c2nc3ccc(C(=O)OCC(=O)N(C)Cc4ccccc4)cc3nc2-c2ccc(OC)cc2)cc1. The molecular formula is C33H29N3O5. The second-order valence-corrected chi connectivity index (χ2v) is 9.39. The van der Waals surface area contributed by atoms with E-state index in [4.69, 9.17) is 24.2 Å². The Morgan fingerprint density at radius 3 is 1.83 bits per heavy atom. The number of nitrogens with zero attached hydrogens (tertiary/aromatic N) is 3. The molecule has 0 spiro atoms. The largest absolute Gasteiger partial charge is 0.497 e. The molecule has 0 unspecified atom stereocenters. The Labute approximate surface area is 238 Å². The fraction of sp³-hybridized carbons (Fsp3) is 0.152. The first-order valence-electron chi connectivity index (χ1n) is 13.0. The van der Waals surface area contributed by atoms with E-state index in [1.165, 1.54) is 4.90 Å². The van der Waals surface area contributed by atoms with Crippen molar-refractivity contribution in [3.05, 3.63) is 108 Å². The minimum absolute atomic E-state index is 0.281. The van der Waals surface area contributed by atoms with Gasteiger partial charge < -0.3 is 19.1 Å². The minimum Gasteiger partial charge on any atom is -0.497 e. The summed E-state index contributed by atoms with van der Waals surface area (Å²) >= 11 is 0. The van der Waals surface area contributed by atoms with Crippen molar-refractivity contribution in [3.8, 4) is 34.0 Å². The lowest BCUT2D eigenvalue weighted by Gasteiger charge is -2.17. The van der Waals surface area contributed by atoms with Gasteiger partial charge in [0.25, 0.3) is 5.91 Å². The quantitative estimate of drug-likeness (QED) is 0.216. The standard InChI is InChI=1S/C33H29N3O5/c1-36(20-22-7-5-4-6-8-22)30(37)21-41-33(38)25-13-18-28-29(19-25)35-32(24-11-16-27(40-3)17-12-24)31(34-28)23-9-14-26(39-2)15-10-23/h4-19H,20-21H2,1-3H3. The van der Waals surface area contributed by atoms with Crippen LogP contribution in [0.1, 0.15) is 15.9 Å². The molecule has 1 heterocycles. The summed E-state index contributed by atoms with van der Waals surface area (Å²) in [5.74, 6) is 0.554. The van der Waals surface area contributed by atoms with Gasteiger partial charge in [0.1, 0.15) is 11.5 Å². The number of benzene rings is 4. The number of methoxy groups -OCH3 is 2. The second-order valence-electron chi connectivity index (χ2n) is 9.39. The molecule has 5 aromatic rings. The molecule has 1 amide bonds. The number of likely N-dealkylation sites (N-methyl/N-ethyl adjacent to an activating group) is 1. The van der Waals surface area contributed by atoms with Crippen LogP contribution in [-0.2, 0) is 16.1 Å². The lowest BCUT2D eigenvalue weighted by Crippen LogP contribution is -2.30. The topological polar surface area (TPSA) is 90.9 Å². The molecule has 0 fully saturated rings. The van der Waals surface area contributed by atoms with E-state index in [9.17, 15) is 9.59 Å². The average molecular weight is 548 g/mol. The number of aromatic nitrogens is 2. The van der Waals surface area contributed by atoms with Crippen molar-refractivity contribution in [2.24, 2.45) is 0 Å². The van der Waals surface area contributed by atoms with E-state index in [-0.39, 0.29) is 18.1 Å². The Bertz CT molecular complexity index is 1670. The smallest absolute Gasteiger partial charge is 0.338 e. The summed E-state index contributed by atoms with van der Waals surface area (Å²) < 4.78 is 16.0. The molecule has 0 saturated carbocycles. The first-order valence-corrected chi connectivity index (χ1v) is 13.0. The van der Waals surface area contributed by atoms with Crippen molar-refractivity contribution in [1.29, 1.82) is 0 Å². The van der Waals surface area contributed by atoms with Gasteiger partial charge in [0.2, 0.25) is 0 Å². The van der Waals surface area contributed by atoms with E-state index in [1.807, 2.05) is 78.9 Å². The number of fused-ring (bicyclic) bond motifs is 1. The molecule has 0 aliphatic rings. The van der Waals surface area contributed by atoms with Crippen molar-refractivity contribution >= 4 is 22.9 Å². The third-order valence-electron chi connectivity index (χ3n) is 6.64. The van der Waals surface area contributed by atoms with Crippen LogP contribution >= 0.6 is 0 Å². The molecule has 1 aromatic heterocycles. The molecule has 4 aromatic carbocycles. The van der Waals surface area contributed by atoms with Crippen LogP contribution in [-0.4, -0.2) is 54.6 Å². The number of hydrogen-bond donors (Lipinski definition) is 0. The van der Waals surface area contributed by atoms with Crippen molar-refractivity contribution in [3.63, 3.8) is 0 Å². The van der Waals surface area contributed by atoms with Crippen LogP contribution in [0, 0.1) is 0 Å². The monoisotopic (exact) mass is 547 g/mol. The van der Waals surface area contributed by atoms with Gasteiger partial charge in [-0.2, -0.15) is 0 Å². The first kappa shape index (κ1) is 27.3. The summed E-state index contributed by atoms with van der Waals surface area (Å²) in [5, 5.41) is 0. The summed E-state index contributed by atoms with van der Waals surface area (Å²) in [4.78, 5) is 36.8. The molecular weight excluding hydrogens is 518 g/mol. The molecule has 0 bridgehead atoms. The van der Waals surface area contributed by atoms with Crippen LogP contribution in [0.4, 0.5) is 0 Å². The number of rotatable bonds is 9. The van der Waals surface area contributed by atoms with Crippen molar-refractivity contribution in [1.82, 2.24) is 14.9 Å². The third kappa shape index (κ3) is 6.33. The third-order valence-corrected chi connectivity index (χ3v) is 6.64. The Kier molecular flexibility index (Phi) is 8.20. The van der Waals surface area contributed by atoms with E-state index in [0.717, 1.165) is 28.2 Å². The Morgan fingerprint density at radius 1 is 0.707 bits per heavy atom. The maximum absolute atomic E-state index is 12.9. The van der Waals surface area contributed by atoms with Crippen molar-refractivity contribution < 1.29 is 23.8 Å². The van der Waals surface area contributed by atoms with Gasteiger partial charge in [0.15, 0.2) is 6.61 Å². The van der Waals surface area contributed by atoms with Crippen molar-refractivity contribution in [2.45, 2.75) is 6.54 Å². The van der Waals surface area contributed by atoms with E-state index in [0.29, 0.717) is 29.0 Å². The van der Waals surface area contributed by atoms with E-state index in [2.05, 4.69) is 0 Å². The lowest BCUT2D eigenvalue weighted by atomic mass is 10.0. The van der Waals surface area contributed by atoms with Crippen LogP contribution in [0.5, 0.6) is 11.5 Å². The molecule has 41 heavy (non-hydrogen) atoms. The number of hydrogen-bond acceptors (Lipinski definition) is 7. The summed E-state index contributed by atoms with van der Waals surface area (Å²) in [6.45, 7) is 0.0623. The van der Waals surface area contributed by atoms with E-state index in [1.54, 1.807) is 39.5 Å². The van der Waals surface area contributed by atoms with Gasteiger partial charge in [0.05, 0.1) is 42.2 Å². The molecule has 0 radical (unpaired) electrons. The van der Waals surface area contributed by atoms with Gasteiger partial charge in [-0.3, -0.25) is 4.79 Å². The van der Waals surface area contributed by atoms with Crippen LogP contribution in [0.15, 0.2) is 97.1 Å². The van der Waals surface area contributed by atoms with Gasteiger partial charge in [-0.1, -0.05) is 30.3 Å². The maximum atomic E-state index is 12.9. The summed E-state index contributed by atoms with van der Waals surface area (Å²) in [6.07, 6.45) is 0. The molecule has 0 aliphatic carbocycles. The highest BCUT2D eigenvalue weighted by Crippen LogP contribution is 2.33. The molecule has 0 atom stereocenters. The molecule has 8 heteroatoms. The van der Waals surface area contributed by atoms with Gasteiger partial charge >= 0.3 is 5.97 Å². The van der Waals surface area contributed by atoms with Crippen LogP contribution < -0.4 is 9.47 Å². The normalized spacial score (nSPS) is 10.7. The highest BCUT2D eigenvalue weighted by molar-refractivity contribution is 5.96. The molecule has 206 valence electrons. The molecule has 5 rings (SSSR count). The van der Waals surface area contributed by atoms with Crippen LogP contribution in [0.25, 0.3) is 33.5 Å². The first-order chi connectivity index (χ1) is 19.9. The zero-order valence-corrected chi connectivity index (χ0v) is 23.0. The van der Waals surface area contributed by atoms with Crippen LogP contribution in [0.2, 0.25) is 0 Å². The number of esters is 1. The number of ether oxygens (including phenoxy) is 3. The van der Waals surface area contributed by atoms with Crippen LogP contribution in [0.3, 0.4) is 0 Å². The summed E-state index contributed by atoms with van der Waals surface area (Å²) in [7, 11) is 4.91. The average Bonchev–Trinajstić information content (AvgIpc) is 3.03. The predicted octanol–water partition coefficient (Wildman–Crippen LogP) is 5.80. The van der Waals surface area contributed by atoms with Gasteiger partial charge in [-0.05, 0) is 72.3 Å². The number of amides is 1. The molecule has 0 saturated heterocycles. The van der Waals surface area contributed by atoms with Crippen molar-refractivity contribution in [2.75, 3.05) is 27.9 Å².